The van der Waals surface area contributed by atoms with Gasteiger partial charge in [0.1, 0.15) is 0 Å². The maximum absolute atomic E-state index is 5.40. The molecule has 96 valence electrons. The van der Waals surface area contributed by atoms with Crippen molar-refractivity contribution in [1.29, 1.82) is 0 Å². The lowest BCUT2D eigenvalue weighted by Gasteiger charge is -2.35. The van der Waals surface area contributed by atoms with Crippen molar-refractivity contribution in [2.24, 2.45) is 5.92 Å². The smallest absolute Gasteiger partial charge is 0.0469 e. The molecule has 3 nitrogen and oxygen atoms in total. The molecule has 1 N–H and O–H groups in total. The van der Waals surface area contributed by atoms with E-state index < -0.39 is 0 Å². The third-order valence-corrected chi connectivity index (χ3v) is 3.82. The van der Waals surface area contributed by atoms with E-state index in [9.17, 15) is 0 Å². The van der Waals surface area contributed by atoms with Crippen molar-refractivity contribution in [2.45, 2.75) is 31.7 Å². The molecular weight excluding hydrogens is 224 g/mol. The normalized spacial score (nSPS) is 24.4. The maximum atomic E-state index is 5.40. The van der Waals surface area contributed by atoms with Crippen LogP contribution in [0.2, 0.25) is 0 Å². The van der Waals surface area contributed by atoms with Gasteiger partial charge in [-0.3, -0.25) is 0 Å². The summed E-state index contributed by atoms with van der Waals surface area (Å²) < 4.78 is 5.40. The Balaban J connectivity index is 0.00000128. The molecule has 0 bridgehead atoms. The summed E-state index contributed by atoms with van der Waals surface area (Å²) in [6.45, 7) is 5.62. The number of piperidine rings is 1. The number of nitrogens with one attached hydrogen (secondary N) is 1. The van der Waals surface area contributed by atoms with Crippen molar-refractivity contribution in [1.82, 2.24) is 10.2 Å². The summed E-state index contributed by atoms with van der Waals surface area (Å²) in [5, 5.41) is 3.43. The zero-order valence-corrected chi connectivity index (χ0v) is 11.1. The fraction of sp³-hybridized carbons (Fsp3) is 1.00. The van der Waals surface area contributed by atoms with Gasteiger partial charge in [0.15, 0.2) is 0 Å². The lowest BCUT2D eigenvalue weighted by molar-refractivity contribution is 0.0479. The van der Waals surface area contributed by atoms with Crippen molar-refractivity contribution < 1.29 is 4.74 Å². The lowest BCUT2D eigenvalue weighted by atomic mass is 9.97. The summed E-state index contributed by atoms with van der Waals surface area (Å²) in [5.41, 5.74) is 0. The van der Waals surface area contributed by atoms with E-state index in [1.54, 1.807) is 0 Å². The highest BCUT2D eigenvalue weighted by Crippen LogP contribution is 2.18. The van der Waals surface area contributed by atoms with Gasteiger partial charge >= 0.3 is 0 Å². The van der Waals surface area contributed by atoms with Gasteiger partial charge in [0.25, 0.3) is 0 Å². The molecule has 0 spiro atoms. The van der Waals surface area contributed by atoms with Gasteiger partial charge in [-0.1, -0.05) is 0 Å². The van der Waals surface area contributed by atoms with Gasteiger partial charge in [0.05, 0.1) is 0 Å². The molecule has 0 aliphatic carbocycles. The average Bonchev–Trinajstić information content (AvgIpc) is 2.31. The third kappa shape index (κ3) is 4.21. The Hall–Kier alpha value is 0.170. The van der Waals surface area contributed by atoms with E-state index in [2.05, 4.69) is 17.3 Å². The van der Waals surface area contributed by atoms with Crippen LogP contribution < -0.4 is 5.32 Å². The molecule has 2 aliphatic heterocycles. The summed E-state index contributed by atoms with van der Waals surface area (Å²) in [5.74, 6) is 0.874. The second-order valence-corrected chi connectivity index (χ2v) is 4.98. The minimum atomic E-state index is 0. The van der Waals surface area contributed by atoms with Crippen LogP contribution in [-0.4, -0.2) is 50.8 Å². The Morgan fingerprint density at radius 1 is 1.12 bits per heavy atom. The Bertz CT molecular complexity index is 180. The third-order valence-electron chi connectivity index (χ3n) is 3.82. The fourth-order valence-corrected chi connectivity index (χ4v) is 2.73. The van der Waals surface area contributed by atoms with Gasteiger partial charge in [0.2, 0.25) is 0 Å². The van der Waals surface area contributed by atoms with E-state index in [1.165, 1.54) is 45.3 Å². The molecule has 0 atom stereocenters. The molecule has 0 unspecified atom stereocenters. The zero-order valence-electron chi connectivity index (χ0n) is 10.3. The number of halogens is 1. The number of hydrogen-bond donors (Lipinski definition) is 1. The zero-order chi connectivity index (χ0) is 10.5. The van der Waals surface area contributed by atoms with Crippen LogP contribution in [0.3, 0.4) is 0 Å². The molecule has 2 rings (SSSR count). The quantitative estimate of drug-likeness (QED) is 0.820. The second-order valence-electron chi connectivity index (χ2n) is 4.98. The largest absolute Gasteiger partial charge is 0.381 e. The number of nitrogens with zero attached hydrogens (tertiary/aromatic N) is 1. The molecule has 0 aromatic carbocycles. The monoisotopic (exact) mass is 248 g/mol. The molecule has 0 aromatic heterocycles. The highest BCUT2D eigenvalue weighted by atomic mass is 35.5. The first-order chi connectivity index (χ1) is 7.36. The Kier molecular flexibility index (Phi) is 6.66. The molecule has 0 amide bonds. The predicted octanol–water partition coefficient (Wildman–Crippen LogP) is 1.52. The summed E-state index contributed by atoms with van der Waals surface area (Å²) in [6.07, 6.45) is 5.16. The molecule has 0 radical (unpaired) electrons. The topological polar surface area (TPSA) is 24.5 Å². The van der Waals surface area contributed by atoms with Crippen molar-refractivity contribution in [3.63, 3.8) is 0 Å². The minimum absolute atomic E-state index is 0. The average molecular weight is 249 g/mol. The molecular formula is C12H25ClN2O. The van der Waals surface area contributed by atoms with Gasteiger partial charge in [-0.25, -0.2) is 0 Å². The highest BCUT2D eigenvalue weighted by molar-refractivity contribution is 5.85. The van der Waals surface area contributed by atoms with Gasteiger partial charge in [-0.05, 0) is 51.7 Å². The minimum Gasteiger partial charge on any atom is -0.381 e. The van der Waals surface area contributed by atoms with Crippen LogP contribution in [0.4, 0.5) is 0 Å². The van der Waals surface area contributed by atoms with Gasteiger partial charge < -0.3 is 15.0 Å². The number of hydrogen-bond acceptors (Lipinski definition) is 3. The van der Waals surface area contributed by atoms with Crippen LogP contribution in [0.1, 0.15) is 25.7 Å². The first-order valence-corrected chi connectivity index (χ1v) is 6.35. The highest BCUT2D eigenvalue weighted by Gasteiger charge is 2.21. The van der Waals surface area contributed by atoms with Crippen LogP contribution >= 0.6 is 12.4 Å². The van der Waals surface area contributed by atoms with E-state index in [0.29, 0.717) is 0 Å². The molecule has 2 saturated heterocycles. The van der Waals surface area contributed by atoms with Crippen LogP contribution in [-0.2, 0) is 4.74 Å². The molecule has 2 heterocycles. The van der Waals surface area contributed by atoms with Crippen molar-refractivity contribution in [2.75, 3.05) is 39.9 Å². The van der Waals surface area contributed by atoms with Gasteiger partial charge in [-0.2, -0.15) is 0 Å². The van der Waals surface area contributed by atoms with Gasteiger partial charge in [0, 0.05) is 25.8 Å². The summed E-state index contributed by atoms with van der Waals surface area (Å²) >= 11 is 0. The maximum Gasteiger partial charge on any atom is 0.0469 e. The van der Waals surface area contributed by atoms with Gasteiger partial charge in [-0.15, -0.1) is 12.4 Å². The van der Waals surface area contributed by atoms with Crippen LogP contribution in [0.15, 0.2) is 0 Å². The summed E-state index contributed by atoms with van der Waals surface area (Å²) in [6, 6.07) is 0.814. The van der Waals surface area contributed by atoms with Crippen LogP contribution in [0.25, 0.3) is 0 Å². The Morgan fingerprint density at radius 3 is 2.38 bits per heavy atom. The first kappa shape index (κ1) is 14.2. The second kappa shape index (κ2) is 7.49. The Morgan fingerprint density at radius 2 is 1.75 bits per heavy atom. The molecule has 2 aliphatic rings. The van der Waals surface area contributed by atoms with Crippen molar-refractivity contribution in [3.8, 4) is 0 Å². The molecule has 0 saturated carbocycles. The standard InChI is InChI=1S/C12H24N2O.ClH/c1-14(12-2-6-13-7-3-12)10-11-4-8-15-9-5-11;/h11-13H,2-10H2,1H3;1H. The lowest BCUT2D eigenvalue weighted by Crippen LogP contribution is -2.43. The van der Waals surface area contributed by atoms with E-state index in [1.807, 2.05) is 0 Å². The Labute approximate surface area is 105 Å². The van der Waals surface area contributed by atoms with Crippen molar-refractivity contribution in [3.05, 3.63) is 0 Å². The number of rotatable bonds is 3. The van der Waals surface area contributed by atoms with Crippen LogP contribution in [0.5, 0.6) is 0 Å². The fourth-order valence-electron chi connectivity index (χ4n) is 2.73. The van der Waals surface area contributed by atoms with E-state index in [-0.39, 0.29) is 12.4 Å². The van der Waals surface area contributed by atoms with E-state index in [4.69, 9.17) is 4.74 Å². The number of ether oxygens (including phenoxy) is 1. The first-order valence-electron chi connectivity index (χ1n) is 6.35. The van der Waals surface area contributed by atoms with E-state index in [0.717, 1.165) is 25.2 Å². The van der Waals surface area contributed by atoms with E-state index >= 15 is 0 Å². The SMILES string of the molecule is CN(CC1CCOCC1)C1CCNCC1.Cl. The van der Waals surface area contributed by atoms with Crippen molar-refractivity contribution >= 4 is 12.4 Å². The predicted molar refractivity (Wildman–Crippen MR) is 69.3 cm³/mol. The summed E-state index contributed by atoms with van der Waals surface area (Å²) in [7, 11) is 2.30. The molecule has 16 heavy (non-hydrogen) atoms. The molecule has 4 heteroatoms. The summed E-state index contributed by atoms with van der Waals surface area (Å²) in [4.78, 5) is 2.58. The molecule has 2 fully saturated rings. The van der Waals surface area contributed by atoms with Crippen LogP contribution in [0, 0.1) is 5.92 Å². The molecule has 0 aromatic rings.